The van der Waals surface area contributed by atoms with Gasteiger partial charge in [-0.25, -0.2) is 0 Å². The Bertz CT molecular complexity index is 72.8. The van der Waals surface area contributed by atoms with Crippen LogP contribution < -0.4 is 5.73 Å². The van der Waals surface area contributed by atoms with Crippen molar-refractivity contribution in [2.24, 2.45) is 11.1 Å². The van der Waals surface area contributed by atoms with E-state index in [0.29, 0.717) is 5.41 Å². The van der Waals surface area contributed by atoms with Gasteiger partial charge in [0.05, 0.1) is 0 Å². The highest BCUT2D eigenvalue weighted by Crippen LogP contribution is 2.35. The van der Waals surface area contributed by atoms with Gasteiger partial charge in [-0.05, 0) is 24.8 Å². The molecule has 1 saturated carbocycles. The van der Waals surface area contributed by atoms with Gasteiger partial charge in [-0.3, -0.25) is 0 Å². The predicted octanol–water partition coefficient (Wildman–Crippen LogP) is 2.55. The first-order chi connectivity index (χ1) is 4.77. The Balaban J connectivity index is 0.000000371. The molecule has 62 valence electrons. The van der Waals surface area contributed by atoms with Crippen molar-refractivity contribution in [3.05, 3.63) is 0 Å². The maximum Gasteiger partial charge on any atom is -0.00232 e. The van der Waals surface area contributed by atoms with E-state index in [1.807, 2.05) is 13.8 Å². The molecule has 1 aliphatic carbocycles. The maximum atomic E-state index is 5.57. The van der Waals surface area contributed by atoms with E-state index in [4.69, 9.17) is 5.73 Å². The zero-order valence-electron chi connectivity index (χ0n) is 7.61. The largest absolute Gasteiger partial charge is 0.330 e. The van der Waals surface area contributed by atoms with Gasteiger partial charge >= 0.3 is 0 Å². The molecule has 0 amide bonds. The first-order valence-corrected chi connectivity index (χ1v) is 4.47. The monoisotopic (exact) mass is 143 g/mol. The van der Waals surface area contributed by atoms with Gasteiger partial charge in [0, 0.05) is 0 Å². The standard InChI is InChI=1S/C7H15N.C2H6/c1-7(6-8)4-2-3-5-7;1-2/h2-6,8H2,1H3;1-2H3. The predicted molar refractivity (Wildman–Crippen MR) is 47.0 cm³/mol. The summed E-state index contributed by atoms with van der Waals surface area (Å²) in [6.07, 6.45) is 5.49. The van der Waals surface area contributed by atoms with Crippen molar-refractivity contribution in [1.82, 2.24) is 0 Å². The summed E-state index contributed by atoms with van der Waals surface area (Å²) in [6, 6.07) is 0. The van der Waals surface area contributed by atoms with Gasteiger partial charge < -0.3 is 5.73 Å². The summed E-state index contributed by atoms with van der Waals surface area (Å²) >= 11 is 0. The number of rotatable bonds is 1. The second-order valence-corrected chi connectivity index (χ2v) is 3.22. The Hall–Kier alpha value is -0.0400. The summed E-state index contributed by atoms with van der Waals surface area (Å²) in [6.45, 7) is 7.17. The number of hydrogen-bond donors (Lipinski definition) is 1. The van der Waals surface area contributed by atoms with Gasteiger partial charge in [-0.15, -0.1) is 0 Å². The zero-order valence-corrected chi connectivity index (χ0v) is 7.61. The Labute approximate surface area is 65.0 Å². The normalized spacial score (nSPS) is 21.6. The highest BCUT2D eigenvalue weighted by molar-refractivity contribution is 4.80. The number of nitrogens with two attached hydrogens (primary N) is 1. The van der Waals surface area contributed by atoms with Crippen LogP contribution in [0, 0.1) is 5.41 Å². The van der Waals surface area contributed by atoms with Crippen LogP contribution in [-0.4, -0.2) is 6.54 Å². The molecule has 10 heavy (non-hydrogen) atoms. The molecule has 0 atom stereocenters. The topological polar surface area (TPSA) is 26.0 Å². The van der Waals surface area contributed by atoms with Crippen LogP contribution in [-0.2, 0) is 0 Å². The molecule has 1 rings (SSSR count). The lowest BCUT2D eigenvalue weighted by atomic mass is 9.89. The summed E-state index contributed by atoms with van der Waals surface area (Å²) in [7, 11) is 0. The fraction of sp³-hybridized carbons (Fsp3) is 1.00. The molecule has 0 unspecified atom stereocenters. The third-order valence-corrected chi connectivity index (χ3v) is 2.30. The summed E-state index contributed by atoms with van der Waals surface area (Å²) < 4.78 is 0. The molecular formula is C9H21N. The highest BCUT2D eigenvalue weighted by Gasteiger charge is 2.26. The van der Waals surface area contributed by atoms with Gasteiger partial charge in [-0.1, -0.05) is 33.6 Å². The lowest BCUT2D eigenvalue weighted by molar-refractivity contribution is 0.350. The summed E-state index contributed by atoms with van der Waals surface area (Å²) in [4.78, 5) is 0. The fourth-order valence-corrected chi connectivity index (χ4v) is 1.43. The fourth-order valence-electron chi connectivity index (χ4n) is 1.43. The summed E-state index contributed by atoms with van der Waals surface area (Å²) in [5.41, 5.74) is 6.08. The van der Waals surface area contributed by atoms with E-state index >= 15 is 0 Å². The van der Waals surface area contributed by atoms with Gasteiger partial charge in [0.1, 0.15) is 0 Å². The molecule has 0 bridgehead atoms. The lowest BCUT2D eigenvalue weighted by Gasteiger charge is -2.19. The third kappa shape index (κ3) is 2.70. The van der Waals surface area contributed by atoms with E-state index in [9.17, 15) is 0 Å². The minimum atomic E-state index is 0.514. The molecule has 0 aromatic heterocycles. The second kappa shape index (κ2) is 4.73. The van der Waals surface area contributed by atoms with Crippen molar-refractivity contribution in [3.8, 4) is 0 Å². The first-order valence-electron chi connectivity index (χ1n) is 4.47. The second-order valence-electron chi connectivity index (χ2n) is 3.22. The van der Waals surface area contributed by atoms with Gasteiger partial charge in [-0.2, -0.15) is 0 Å². The lowest BCUT2D eigenvalue weighted by Crippen LogP contribution is -2.22. The Morgan fingerprint density at radius 3 is 1.80 bits per heavy atom. The number of hydrogen-bond acceptors (Lipinski definition) is 1. The van der Waals surface area contributed by atoms with Crippen LogP contribution in [0.5, 0.6) is 0 Å². The van der Waals surface area contributed by atoms with Crippen LogP contribution in [0.25, 0.3) is 0 Å². The van der Waals surface area contributed by atoms with Crippen molar-refractivity contribution >= 4 is 0 Å². The van der Waals surface area contributed by atoms with Crippen LogP contribution in [0.1, 0.15) is 46.5 Å². The molecule has 1 heteroatoms. The molecule has 1 nitrogen and oxygen atoms in total. The molecule has 1 aliphatic rings. The van der Waals surface area contributed by atoms with E-state index in [2.05, 4.69) is 6.92 Å². The Kier molecular flexibility index (Phi) is 4.71. The summed E-state index contributed by atoms with van der Waals surface area (Å²) in [5, 5.41) is 0. The van der Waals surface area contributed by atoms with Crippen LogP contribution >= 0.6 is 0 Å². The molecule has 0 heterocycles. The van der Waals surface area contributed by atoms with E-state index in [1.165, 1.54) is 25.7 Å². The molecular weight excluding hydrogens is 122 g/mol. The van der Waals surface area contributed by atoms with Crippen molar-refractivity contribution in [3.63, 3.8) is 0 Å². The molecule has 0 radical (unpaired) electrons. The molecule has 0 saturated heterocycles. The Morgan fingerprint density at radius 1 is 1.20 bits per heavy atom. The molecule has 2 N–H and O–H groups in total. The quantitative estimate of drug-likeness (QED) is 0.600. The molecule has 0 aliphatic heterocycles. The Morgan fingerprint density at radius 2 is 1.60 bits per heavy atom. The van der Waals surface area contributed by atoms with Crippen molar-refractivity contribution in [2.75, 3.05) is 6.54 Å². The minimum absolute atomic E-state index is 0.514. The van der Waals surface area contributed by atoms with Crippen molar-refractivity contribution in [1.29, 1.82) is 0 Å². The SMILES string of the molecule is CC.CC1(CN)CCCC1. The van der Waals surface area contributed by atoms with Crippen molar-refractivity contribution in [2.45, 2.75) is 46.5 Å². The van der Waals surface area contributed by atoms with Gasteiger partial charge in [0.2, 0.25) is 0 Å². The molecule has 0 aromatic rings. The van der Waals surface area contributed by atoms with Crippen LogP contribution in [0.3, 0.4) is 0 Å². The third-order valence-electron chi connectivity index (χ3n) is 2.30. The van der Waals surface area contributed by atoms with E-state index in [-0.39, 0.29) is 0 Å². The van der Waals surface area contributed by atoms with E-state index < -0.39 is 0 Å². The zero-order chi connectivity index (χ0) is 8.04. The smallest absolute Gasteiger partial charge is 0.00232 e. The van der Waals surface area contributed by atoms with Crippen molar-refractivity contribution < 1.29 is 0 Å². The molecule has 0 aromatic carbocycles. The molecule has 1 fully saturated rings. The average molecular weight is 143 g/mol. The minimum Gasteiger partial charge on any atom is -0.330 e. The highest BCUT2D eigenvalue weighted by atomic mass is 14.6. The first kappa shape index (κ1) is 9.96. The van der Waals surface area contributed by atoms with Gasteiger partial charge in [0.25, 0.3) is 0 Å². The van der Waals surface area contributed by atoms with E-state index in [0.717, 1.165) is 6.54 Å². The van der Waals surface area contributed by atoms with E-state index in [1.54, 1.807) is 0 Å². The van der Waals surface area contributed by atoms with Crippen LogP contribution in [0.4, 0.5) is 0 Å². The molecule has 0 spiro atoms. The van der Waals surface area contributed by atoms with Crippen LogP contribution in [0.15, 0.2) is 0 Å². The van der Waals surface area contributed by atoms with Crippen LogP contribution in [0.2, 0.25) is 0 Å². The average Bonchev–Trinajstić information content (AvgIpc) is 2.42. The summed E-state index contributed by atoms with van der Waals surface area (Å²) in [5.74, 6) is 0. The van der Waals surface area contributed by atoms with Gasteiger partial charge in [0.15, 0.2) is 0 Å². The maximum absolute atomic E-state index is 5.57.